The normalized spacial score (nSPS) is 11.0. The first-order chi connectivity index (χ1) is 13.7. The molecule has 0 radical (unpaired) electrons. The Bertz CT molecular complexity index is 960. The van der Waals surface area contributed by atoms with E-state index in [0.717, 1.165) is 16.9 Å². The lowest BCUT2D eigenvalue weighted by atomic mass is 10.2. The number of hydrogen-bond acceptors (Lipinski definition) is 7. The van der Waals surface area contributed by atoms with E-state index in [1.54, 1.807) is 44.6 Å². The van der Waals surface area contributed by atoms with Crippen LogP contribution in [0.2, 0.25) is 5.02 Å². The number of rotatable bonds is 8. The van der Waals surface area contributed by atoms with Crippen molar-refractivity contribution in [2.24, 2.45) is 5.10 Å². The maximum atomic E-state index is 5.92. The van der Waals surface area contributed by atoms with Gasteiger partial charge in [0.1, 0.15) is 6.33 Å². The maximum Gasteiger partial charge on any atom is 0.212 e. The molecule has 0 saturated heterocycles. The second-order valence-corrected chi connectivity index (χ2v) is 6.92. The molecule has 0 saturated carbocycles. The molecule has 0 fully saturated rings. The van der Waals surface area contributed by atoms with Crippen molar-refractivity contribution in [2.45, 2.75) is 10.9 Å². The number of aromatic nitrogens is 3. The number of benzene rings is 2. The molecule has 7 nitrogen and oxygen atoms in total. The largest absolute Gasteiger partial charge is 0.493 e. The van der Waals surface area contributed by atoms with Gasteiger partial charge in [-0.3, -0.25) is 0 Å². The predicted octanol–water partition coefficient (Wildman–Crippen LogP) is 4.13. The van der Waals surface area contributed by atoms with Gasteiger partial charge in [-0.2, -0.15) is 9.78 Å². The molecular weight excluding hydrogens is 400 g/mol. The van der Waals surface area contributed by atoms with Crippen molar-refractivity contribution in [3.05, 3.63) is 58.9 Å². The van der Waals surface area contributed by atoms with Crippen molar-refractivity contribution in [3.63, 3.8) is 0 Å². The smallest absolute Gasteiger partial charge is 0.212 e. The van der Waals surface area contributed by atoms with Gasteiger partial charge in [0.15, 0.2) is 11.5 Å². The first-order valence-electron chi connectivity index (χ1n) is 8.26. The summed E-state index contributed by atoms with van der Waals surface area (Å²) in [7, 11) is 4.71. The lowest BCUT2D eigenvalue weighted by molar-refractivity contribution is 0.324. The Kier molecular flexibility index (Phi) is 6.78. The third kappa shape index (κ3) is 4.58. The molecule has 0 aliphatic rings. The van der Waals surface area contributed by atoms with E-state index in [9.17, 15) is 0 Å². The van der Waals surface area contributed by atoms with E-state index in [4.69, 9.17) is 25.8 Å². The fourth-order valence-corrected chi connectivity index (χ4v) is 3.42. The Labute approximate surface area is 172 Å². The molecule has 0 aliphatic carbocycles. The van der Waals surface area contributed by atoms with Crippen LogP contribution in [-0.2, 0) is 5.75 Å². The number of methoxy groups -OCH3 is 3. The Morgan fingerprint density at radius 2 is 1.79 bits per heavy atom. The summed E-state index contributed by atoms with van der Waals surface area (Å²) in [6.07, 6.45) is 3.21. The second kappa shape index (κ2) is 9.48. The Hall–Kier alpha value is -2.71. The van der Waals surface area contributed by atoms with E-state index in [1.807, 2.05) is 30.3 Å². The van der Waals surface area contributed by atoms with Crippen molar-refractivity contribution in [2.75, 3.05) is 21.3 Å². The summed E-state index contributed by atoms with van der Waals surface area (Å²) in [4.78, 5) is 0. The molecule has 0 bridgehead atoms. The van der Waals surface area contributed by atoms with Gasteiger partial charge in [0.2, 0.25) is 10.9 Å². The van der Waals surface area contributed by atoms with Gasteiger partial charge < -0.3 is 14.2 Å². The van der Waals surface area contributed by atoms with Crippen LogP contribution in [0.4, 0.5) is 0 Å². The van der Waals surface area contributed by atoms with Crippen LogP contribution in [0.3, 0.4) is 0 Å². The number of halogens is 1. The number of thioether (sulfide) groups is 1. The minimum atomic E-state index is 0.509. The fourth-order valence-electron chi connectivity index (χ4n) is 2.47. The van der Waals surface area contributed by atoms with Gasteiger partial charge in [0.25, 0.3) is 0 Å². The molecular formula is C19H19ClN4O3S. The van der Waals surface area contributed by atoms with Gasteiger partial charge in [0, 0.05) is 16.3 Å². The molecule has 146 valence electrons. The first-order valence-corrected chi connectivity index (χ1v) is 9.63. The van der Waals surface area contributed by atoms with Crippen LogP contribution in [0.1, 0.15) is 11.1 Å². The Balaban J connectivity index is 1.78. The average molecular weight is 419 g/mol. The number of hydrogen-bond donors (Lipinski definition) is 0. The third-order valence-corrected chi connectivity index (χ3v) is 5.09. The van der Waals surface area contributed by atoms with Crippen molar-refractivity contribution >= 4 is 29.6 Å². The van der Waals surface area contributed by atoms with Gasteiger partial charge in [-0.25, -0.2) is 0 Å². The summed E-state index contributed by atoms with van der Waals surface area (Å²) in [5, 5.41) is 13.9. The molecule has 0 amide bonds. The van der Waals surface area contributed by atoms with Gasteiger partial charge in [0.05, 0.1) is 27.5 Å². The van der Waals surface area contributed by atoms with E-state index >= 15 is 0 Å². The highest BCUT2D eigenvalue weighted by molar-refractivity contribution is 7.98. The molecule has 1 aromatic heterocycles. The first kappa shape index (κ1) is 20.0. The quantitative estimate of drug-likeness (QED) is 0.404. The summed E-state index contributed by atoms with van der Waals surface area (Å²) in [6, 6.07) is 11.3. The van der Waals surface area contributed by atoms with Crippen LogP contribution in [0.15, 0.2) is 53.0 Å². The summed E-state index contributed by atoms with van der Waals surface area (Å²) in [6.45, 7) is 0. The van der Waals surface area contributed by atoms with E-state index < -0.39 is 0 Å². The summed E-state index contributed by atoms with van der Waals surface area (Å²) in [5.74, 6) is 2.36. The van der Waals surface area contributed by atoms with Crippen LogP contribution in [0.25, 0.3) is 0 Å². The van der Waals surface area contributed by atoms with Crippen LogP contribution < -0.4 is 14.2 Å². The molecule has 9 heteroatoms. The highest BCUT2D eigenvalue weighted by Gasteiger charge is 2.15. The van der Waals surface area contributed by atoms with Crippen molar-refractivity contribution in [1.82, 2.24) is 14.9 Å². The molecule has 0 atom stereocenters. The zero-order valence-electron chi connectivity index (χ0n) is 15.6. The zero-order valence-corrected chi connectivity index (χ0v) is 17.2. The minimum Gasteiger partial charge on any atom is -0.493 e. The molecule has 28 heavy (non-hydrogen) atoms. The fraction of sp³-hybridized carbons (Fsp3) is 0.211. The summed E-state index contributed by atoms with van der Waals surface area (Å²) < 4.78 is 17.8. The van der Waals surface area contributed by atoms with Gasteiger partial charge in [-0.05, 0) is 29.8 Å². The minimum absolute atomic E-state index is 0.509. The van der Waals surface area contributed by atoms with Gasteiger partial charge in [-0.1, -0.05) is 35.5 Å². The van der Waals surface area contributed by atoms with E-state index in [2.05, 4.69) is 15.3 Å². The Morgan fingerprint density at radius 1 is 1.04 bits per heavy atom. The average Bonchev–Trinajstić information content (AvgIpc) is 3.18. The van der Waals surface area contributed by atoms with Crippen LogP contribution in [-0.4, -0.2) is 42.4 Å². The monoisotopic (exact) mass is 418 g/mol. The second-order valence-electron chi connectivity index (χ2n) is 5.54. The van der Waals surface area contributed by atoms with Crippen molar-refractivity contribution in [3.8, 4) is 17.2 Å². The highest BCUT2D eigenvalue weighted by Crippen LogP contribution is 2.39. The van der Waals surface area contributed by atoms with Gasteiger partial charge >= 0.3 is 0 Å². The van der Waals surface area contributed by atoms with Crippen LogP contribution >= 0.6 is 23.4 Å². The molecule has 3 rings (SSSR count). The van der Waals surface area contributed by atoms with E-state index in [-0.39, 0.29) is 0 Å². The lowest BCUT2D eigenvalue weighted by Gasteiger charge is -2.13. The number of ether oxygens (including phenoxy) is 3. The molecule has 1 heterocycles. The van der Waals surface area contributed by atoms with E-state index in [0.29, 0.717) is 27.4 Å². The summed E-state index contributed by atoms with van der Waals surface area (Å²) in [5.41, 5.74) is 1.87. The molecule has 0 N–H and O–H groups in total. The topological polar surface area (TPSA) is 70.8 Å². The highest BCUT2D eigenvalue weighted by atomic mass is 35.5. The molecule has 0 spiro atoms. The van der Waals surface area contributed by atoms with Crippen molar-refractivity contribution < 1.29 is 14.2 Å². The van der Waals surface area contributed by atoms with Crippen LogP contribution in [0, 0.1) is 0 Å². The molecule has 0 aliphatic heterocycles. The lowest BCUT2D eigenvalue weighted by Crippen LogP contribution is -1.99. The van der Waals surface area contributed by atoms with Crippen molar-refractivity contribution in [1.29, 1.82) is 0 Å². The maximum absolute atomic E-state index is 5.92. The Morgan fingerprint density at radius 3 is 2.46 bits per heavy atom. The standard InChI is InChI=1S/C19H19ClN4O3S/c1-25-16-9-6-14(17(26-2)18(16)27-3)10-22-24-12-21-23-19(24)28-11-13-4-7-15(20)8-5-13/h4-10,12H,11H2,1-3H3/b22-10-. The SMILES string of the molecule is COc1ccc(/C=N\n2cnnc2SCc2ccc(Cl)cc2)c(OC)c1OC. The molecule has 3 aromatic rings. The summed E-state index contributed by atoms with van der Waals surface area (Å²) >= 11 is 7.45. The van der Waals surface area contributed by atoms with Crippen LogP contribution in [0.5, 0.6) is 17.2 Å². The predicted molar refractivity (Wildman–Crippen MR) is 110 cm³/mol. The zero-order chi connectivity index (χ0) is 19.9. The third-order valence-electron chi connectivity index (χ3n) is 3.84. The molecule has 2 aromatic carbocycles. The van der Waals surface area contributed by atoms with Gasteiger partial charge in [-0.15, -0.1) is 10.2 Å². The number of nitrogens with zero attached hydrogens (tertiary/aromatic N) is 4. The van der Waals surface area contributed by atoms with E-state index in [1.165, 1.54) is 11.8 Å². The molecule has 0 unspecified atom stereocenters.